The number of hydrogen-bond acceptors (Lipinski definition) is 3. The number of hydrogen-bond donors (Lipinski definition) is 2. The van der Waals surface area contributed by atoms with E-state index in [1.165, 1.54) is 11.1 Å². The number of rotatable bonds is 4. The maximum absolute atomic E-state index is 12.5. The van der Waals surface area contributed by atoms with E-state index in [1.807, 2.05) is 41.4 Å². The van der Waals surface area contributed by atoms with Crippen LogP contribution in [0.25, 0.3) is 16.6 Å². The highest BCUT2D eigenvalue weighted by atomic mass is 16.5. The van der Waals surface area contributed by atoms with Crippen LogP contribution in [0.5, 0.6) is 5.75 Å². The molecule has 0 saturated heterocycles. The fraction of sp³-hybridized carbons (Fsp3) is 0.238. The Morgan fingerprint density at radius 1 is 1.30 bits per heavy atom. The van der Waals surface area contributed by atoms with Crippen molar-refractivity contribution in [2.24, 2.45) is 0 Å². The van der Waals surface area contributed by atoms with Gasteiger partial charge in [-0.05, 0) is 30.2 Å². The molecule has 1 aromatic carbocycles. The highest BCUT2D eigenvalue weighted by molar-refractivity contribution is 5.91. The minimum atomic E-state index is -0.0585. The number of nitrogens with zero attached hydrogens (tertiary/aromatic N) is 2. The van der Waals surface area contributed by atoms with Gasteiger partial charge in [-0.25, -0.2) is 9.78 Å². The molecule has 6 nitrogen and oxygen atoms in total. The van der Waals surface area contributed by atoms with E-state index in [-0.39, 0.29) is 6.03 Å². The van der Waals surface area contributed by atoms with Gasteiger partial charge in [0.05, 0.1) is 7.11 Å². The largest absolute Gasteiger partial charge is 0.496 e. The number of carbonyl (C=O) groups excluding carboxylic acids is 1. The smallest absolute Gasteiger partial charge is 0.317 e. The first-order valence-corrected chi connectivity index (χ1v) is 9.02. The van der Waals surface area contributed by atoms with Crippen molar-refractivity contribution in [1.82, 2.24) is 20.2 Å². The summed E-state index contributed by atoms with van der Waals surface area (Å²) in [6.07, 6.45) is 6.73. The normalized spacial score (nSPS) is 14.1. The Morgan fingerprint density at radius 2 is 2.19 bits per heavy atom. The maximum Gasteiger partial charge on any atom is 0.317 e. The van der Waals surface area contributed by atoms with Crippen molar-refractivity contribution in [3.63, 3.8) is 0 Å². The zero-order valence-electron chi connectivity index (χ0n) is 15.2. The molecule has 2 amide bonds. The fourth-order valence-electron chi connectivity index (χ4n) is 3.45. The average Bonchev–Trinajstić information content (AvgIpc) is 3.16. The van der Waals surface area contributed by atoms with Crippen LogP contribution in [0.1, 0.15) is 17.5 Å². The van der Waals surface area contributed by atoms with Crippen LogP contribution < -0.4 is 10.1 Å². The molecule has 6 heteroatoms. The SMILES string of the molecule is COc1ccccc1CNC(=O)N1CC=C(c2c[nH]c3ncccc23)CC1. The molecule has 27 heavy (non-hydrogen) atoms. The predicted molar refractivity (Wildman–Crippen MR) is 105 cm³/mol. The average molecular weight is 362 g/mol. The molecule has 0 saturated carbocycles. The molecule has 1 aliphatic heterocycles. The molecule has 0 spiro atoms. The number of pyridine rings is 1. The van der Waals surface area contributed by atoms with Gasteiger partial charge in [0.1, 0.15) is 11.4 Å². The van der Waals surface area contributed by atoms with Gasteiger partial charge in [0.2, 0.25) is 0 Å². The Kier molecular flexibility index (Phi) is 4.78. The number of amides is 2. The molecule has 0 unspecified atom stereocenters. The van der Waals surface area contributed by atoms with E-state index < -0.39 is 0 Å². The summed E-state index contributed by atoms with van der Waals surface area (Å²) in [5.41, 5.74) is 4.29. The molecule has 0 atom stereocenters. The van der Waals surface area contributed by atoms with E-state index in [4.69, 9.17) is 4.74 Å². The van der Waals surface area contributed by atoms with Crippen molar-refractivity contribution in [2.45, 2.75) is 13.0 Å². The number of aromatic amines is 1. The van der Waals surface area contributed by atoms with Crippen LogP contribution in [0.15, 0.2) is 54.9 Å². The van der Waals surface area contributed by atoms with Crippen LogP contribution in [-0.2, 0) is 6.54 Å². The predicted octanol–water partition coefficient (Wildman–Crippen LogP) is 3.57. The molecule has 1 aliphatic rings. The van der Waals surface area contributed by atoms with Gasteiger partial charge in [-0.2, -0.15) is 0 Å². The summed E-state index contributed by atoms with van der Waals surface area (Å²) in [5, 5.41) is 4.11. The van der Waals surface area contributed by atoms with E-state index in [0.717, 1.165) is 28.8 Å². The van der Waals surface area contributed by atoms with Crippen LogP contribution in [0.2, 0.25) is 0 Å². The molecule has 0 aliphatic carbocycles. The quantitative estimate of drug-likeness (QED) is 0.745. The van der Waals surface area contributed by atoms with E-state index >= 15 is 0 Å². The molecule has 4 rings (SSSR count). The number of carbonyl (C=O) groups is 1. The second-order valence-electron chi connectivity index (χ2n) is 6.50. The number of fused-ring (bicyclic) bond motifs is 1. The van der Waals surface area contributed by atoms with Crippen molar-refractivity contribution in [2.75, 3.05) is 20.2 Å². The molecule has 138 valence electrons. The summed E-state index contributed by atoms with van der Waals surface area (Å²) >= 11 is 0. The van der Waals surface area contributed by atoms with Gasteiger partial charge in [0, 0.05) is 48.5 Å². The summed E-state index contributed by atoms with van der Waals surface area (Å²) in [4.78, 5) is 21.9. The van der Waals surface area contributed by atoms with Gasteiger partial charge < -0.3 is 19.9 Å². The number of urea groups is 1. The zero-order valence-corrected chi connectivity index (χ0v) is 15.2. The van der Waals surface area contributed by atoms with Crippen molar-refractivity contribution < 1.29 is 9.53 Å². The standard InChI is InChI=1S/C21H22N4O2/c1-27-19-7-3-2-5-16(19)13-24-21(26)25-11-8-15(9-12-25)18-14-23-20-17(18)6-4-10-22-20/h2-8,10,14H,9,11-13H2,1H3,(H,22,23)(H,24,26). The third kappa shape index (κ3) is 3.51. The van der Waals surface area contributed by atoms with Gasteiger partial charge in [-0.3, -0.25) is 0 Å². The van der Waals surface area contributed by atoms with E-state index in [9.17, 15) is 4.79 Å². The maximum atomic E-state index is 12.5. The number of nitrogens with one attached hydrogen (secondary N) is 2. The van der Waals surface area contributed by atoms with E-state index in [0.29, 0.717) is 19.6 Å². The van der Waals surface area contributed by atoms with Crippen LogP contribution in [0.4, 0.5) is 4.79 Å². The number of para-hydroxylation sites is 1. The van der Waals surface area contributed by atoms with Crippen molar-refractivity contribution >= 4 is 22.6 Å². The Balaban J connectivity index is 1.40. The van der Waals surface area contributed by atoms with Crippen LogP contribution >= 0.6 is 0 Å². The van der Waals surface area contributed by atoms with E-state index in [2.05, 4.69) is 27.4 Å². The Morgan fingerprint density at radius 3 is 3.00 bits per heavy atom. The molecule has 0 fully saturated rings. The lowest BCUT2D eigenvalue weighted by atomic mass is 10.00. The minimum Gasteiger partial charge on any atom is -0.496 e. The molecule has 2 N–H and O–H groups in total. The minimum absolute atomic E-state index is 0.0585. The molecule has 0 radical (unpaired) electrons. The molecule has 2 aromatic heterocycles. The molecular weight excluding hydrogens is 340 g/mol. The molecular formula is C21H22N4O2. The van der Waals surface area contributed by atoms with Gasteiger partial charge >= 0.3 is 6.03 Å². The topological polar surface area (TPSA) is 70.2 Å². The van der Waals surface area contributed by atoms with Crippen molar-refractivity contribution in [3.8, 4) is 5.75 Å². The molecule has 0 bridgehead atoms. The van der Waals surface area contributed by atoms with Crippen molar-refractivity contribution in [3.05, 3.63) is 66.0 Å². The third-order valence-electron chi connectivity index (χ3n) is 4.92. The number of aromatic nitrogens is 2. The lowest BCUT2D eigenvalue weighted by Crippen LogP contribution is -2.41. The first kappa shape index (κ1) is 17.1. The fourth-order valence-corrected chi connectivity index (χ4v) is 3.45. The highest BCUT2D eigenvalue weighted by Gasteiger charge is 2.19. The van der Waals surface area contributed by atoms with Crippen LogP contribution in [0.3, 0.4) is 0 Å². The third-order valence-corrected chi connectivity index (χ3v) is 4.92. The monoisotopic (exact) mass is 362 g/mol. The summed E-state index contributed by atoms with van der Waals surface area (Å²) < 4.78 is 5.33. The number of methoxy groups -OCH3 is 1. The highest BCUT2D eigenvalue weighted by Crippen LogP contribution is 2.28. The summed E-state index contributed by atoms with van der Waals surface area (Å²) in [6, 6.07) is 11.7. The number of H-pyrrole nitrogens is 1. The Hall–Kier alpha value is -3.28. The second-order valence-corrected chi connectivity index (χ2v) is 6.50. The summed E-state index contributed by atoms with van der Waals surface area (Å²) in [6.45, 7) is 1.74. The number of ether oxygens (including phenoxy) is 1. The van der Waals surface area contributed by atoms with Gasteiger partial charge in [0.25, 0.3) is 0 Å². The first-order chi connectivity index (χ1) is 13.3. The van der Waals surface area contributed by atoms with Gasteiger partial charge in [0.15, 0.2) is 0 Å². The summed E-state index contributed by atoms with van der Waals surface area (Å²) in [7, 11) is 1.64. The Labute approximate surface area is 157 Å². The lowest BCUT2D eigenvalue weighted by molar-refractivity contribution is 0.202. The second kappa shape index (κ2) is 7.53. The van der Waals surface area contributed by atoms with Crippen LogP contribution in [-0.4, -0.2) is 41.1 Å². The van der Waals surface area contributed by atoms with Gasteiger partial charge in [-0.15, -0.1) is 0 Å². The molecule has 3 heterocycles. The van der Waals surface area contributed by atoms with Gasteiger partial charge in [-0.1, -0.05) is 24.3 Å². The van der Waals surface area contributed by atoms with Crippen molar-refractivity contribution in [1.29, 1.82) is 0 Å². The zero-order chi connectivity index (χ0) is 18.6. The van der Waals surface area contributed by atoms with Crippen LogP contribution in [0, 0.1) is 0 Å². The first-order valence-electron chi connectivity index (χ1n) is 9.02. The lowest BCUT2D eigenvalue weighted by Gasteiger charge is -2.26. The molecule has 3 aromatic rings. The number of benzene rings is 1. The van der Waals surface area contributed by atoms with E-state index in [1.54, 1.807) is 13.3 Å². The summed E-state index contributed by atoms with van der Waals surface area (Å²) in [5.74, 6) is 0.784. The Bertz CT molecular complexity index is 993.